The largest absolute Gasteiger partial charge is 0.454 e. The Labute approximate surface area is 293 Å². The number of aromatic nitrogens is 4. The Morgan fingerprint density at radius 3 is 1.61 bits per heavy atom. The van der Waals surface area contributed by atoms with Gasteiger partial charge < -0.3 is 4.42 Å². The first-order valence-corrected chi connectivity index (χ1v) is 17.0. The average Bonchev–Trinajstić information content (AvgIpc) is 3.57. The quantitative estimate of drug-likeness (QED) is 0.185. The number of benzene rings is 7. The van der Waals surface area contributed by atoms with E-state index in [1.54, 1.807) is 0 Å². The number of pyridine rings is 1. The monoisotopic (exact) mass is 652 g/mol. The molecular formula is C46H28N4O. The predicted octanol–water partition coefficient (Wildman–Crippen LogP) is 11.8. The van der Waals surface area contributed by atoms with Gasteiger partial charge in [0.25, 0.3) is 0 Å². The van der Waals surface area contributed by atoms with Crippen molar-refractivity contribution in [1.82, 2.24) is 19.9 Å². The fourth-order valence-electron chi connectivity index (χ4n) is 7.13. The highest BCUT2D eigenvalue weighted by Gasteiger charge is 2.19. The van der Waals surface area contributed by atoms with Crippen LogP contribution in [0, 0.1) is 0 Å². The highest BCUT2D eigenvalue weighted by Crippen LogP contribution is 2.42. The first kappa shape index (κ1) is 29.0. The van der Waals surface area contributed by atoms with Gasteiger partial charge in [-0.05, 0) is 56.4 Å². The number of hydrogen-bond acceptors (Lipinski definition) is 5. The molecule has 0 amide bonds. The van der Waals surface area contributed by atoms with Gasteiger partial charge in [-0.15, -0.1) is 0 Å². The summed E-state index contributed by atoms with van der Waals surface area (Å²) >= 11 is 0. The van der Waals surface area contributed by atoms with E-state index in [-0.39, 0.29) is 0 Å². The molecular weight excluding hydrogens is 625 g/mol. The second kappa shape index (κ2) is 11.9. The van der Waals surface area contributed by atoms with Crippen LogP contribution in [-0.2, 0) is 0 Å². The molecule has 51 heavy (non-hydrogen) atoms. The molecule has 0 atom stereocenters. The summed E-state index contributed by atoms with van der Waals surface area (Å²) in [6.07, 6.45) is 3.76. The molecule has 0 saturated carbocycles. The Bertz CT molecular complexity index is 2900. The van der Waals surface area contributed by atoms with Gasteiger partial charge in [0.15, 0.2) is 23.1 Å². The van der Waals surface area contributed by atoms with Crippen molar-refractivity contribution in [3.63, 3.8) is 0 Å². The minimum atomic E-state index is 0.616. The first-order valence-electron chi connectivity index (χ1n) is 17.0. The molecule has 0 N–H and O–H groups in total. The van der Waals surface area contributed by atoms with Crippen LogP contribution in [0.4, 0.5) is 0 Å². The van der Waals surface area contributed by atoms with Crippen LogP contribution < -0.4 is 0 Å². The van der Waals surface area contributed by atoms with Crippen LogP contribution in [0.3, 0.4) is 0 Å². The smallest absolute Gasteiger partial charge is 0.164 e. The second-order valence-electron chi connectivity index (χ2n) is 12.7. The average molecular weight is 653 g/mol. The summed E-state index contributed by atoms with van der Waals surface area (Å²) in [5.41, 5.74) is 8.79. The maximum atomic E-state index is 6.38. The fraction of sp³-hybridized carbons (Fsp3) is 0. The van der Waals surface area contributed by atoms with Crippen molar-refractivity contribution in [3.8, 4) is 56.4 Å². The van der Waals surface area contributed by atoms with Gasteiger partial charge >= 0.3 is 0 Å². The summed E-state index contributed by atoms with van der Waals surface area (Å²) in [6, 6.07) is 54.3. The third kappa shape index (κ3) is 5.03. The minimum Gasteiger partial charge on any atom is -0.454 e. The molecule has 10 rings (SSSR count). The fourth-order valence-corrected chi connectivity index (χ4v) is 7.13. The molecule has 0 aliphatic rings. The molecule has 3 aromatic heterocycles. The molecule has 7 aromatic carbocycles. The molecule has 0 fully saturated rings. The maximum Gasteiger partial charge on any atom is 0.164 e. The molecule has 0 spiro atoms. The van der Waals surface area contributed by atoms with Gasteiger partial charge in [-0.3, -0.25) is 4.98 Å². The molecule has 0 saturated heterocycles. The number of nitrogens with zero attached hydrogens (tertiary/aromatic N) is 4. The lowest BCUT2D eigenvalue weighted by molar-refractivity contribution is 0.667. The zero-order chi connectivity index (χ0) is 33.7. The summed E-state index contributed by atoms with van der Waals surface area (Å²) < 4.78 is 6.38. The van der Waals surface area contributed by atoms with Crippen molar-refractivity contribution in [2.45, 2.75) is 0 Å². The number of furan rings is 1. The SMILES string of the molecule is c1ccc(-c2ccc(-c3nc(-c4ccccc4)nc(-c4ccc(-c5cncc6oc7cc8ccccc8cc7c56)c5ccccc45)n3)cc2)cc1. The van der Waals surface area contributed by atoms with E-state index in [1.807, 2.05) is 48.8 Å². The van der Waals surface area contributed by atoms with Crippen LogP contribution in [0.5, 0.6) is 0 Å². The topological polar surface area (TPSA) is 64.7 Å². The zero-order valence-corrected chi connectivity index (χ0v) is 27.4. The van der Waals surface area contributed by atoms with E-state index in [1.165, 1.54) is 10.9 Å². The van der Waals surface area contributed by atoms with Crippen LogP contribution in [-0.4, -0.2) is 19.9 Å². The van der Waals surface area contributed by atoms with Gasteiger partial charge in [0.05, 0.1) is 6.20 Å². The van der Waals surface area contributed by atoms with E-state index < -0.39 is 0 Å². The Hall–Kier alpha value is -6.98. The molecule has 0 unspecified atom stereocenters. The molecule has 10 aromatic rings. The van der Waals surface area contributed by atoms with Gasteiger partial charge in [0.2, 0.25) is 0 Å². The lowest BCUT2D eigenvalue weighted by Crippen LogP contribution is -2.01. The first-order chi connectivity index (χ1) is 25.3. The summed E-state index contributed by atoms with van der Waals surface area (Å²) in [5.74, 6) is 1.87. The van der Waals surface area contributed by atoms with E-state index >= 15 is 0 Å². The molecule has 0 bridgehead atoms. The van der Waals surface area contributed by atoms with Crippen molar-refractivity contribution in [3.05, 3.63) is 170 Å². The maximum absolute atomic E-state index is 6.38. The lowest BCUT2D eigenvalue weighted by atomic mass is 9.93. The predicted molar refractivity (Wildman–Crippen MR) is 207 cm³/mol. The molecule has 3 heterocycles. The van der Waals surface area contributed by atoms with Gasteiger partial charge in [-0.2, -0.15) is 0 Å². The summed E-state index contributed by atoms with van der Waals surface area (Å²) in [7, 11) is 0. The van der Waals surface area contributed by atoms with Gasteiger partial charge in [-0.1, -0.05) is 140 Å². The summed E-state index contributed by atoms with van der Waals surface area (Å²) in [6.45, 7) is 0. The number of fused-ring (bicyclic) bond motifs is 5. The van der Waals surface area contributed by atoms with Gasteiger partial charge in [0.1, 0.15) is 5.58 Å². The molecule has 0 aliphatic carbocycles. The Morgan fingerprint density at radius 1 is 0.353 bits per heavy atom. The standard InChI is InChI=1S/C46H28N4O/c1-3-11-29(12-4-1)30-19-21-32(22-20-30)45-48-44(31-13-5-2-6-14-31)49-46(50-45)38-24-23-37(35-17-9-10-18-36(35)38)40-27-47-28-42-43(40)39-25-33-15-7-8-16-34(33)26-41(39)51-42/h1-28H. The van der Waals surface area contributed by atoms with Crippen LogP contribution >= 0.6 is 0 Å². The van der Waals surface area contributed by atoms with Crippen LogP contribution in [0.25, 0.3) is 99.9 Å². The molecule has 5 nitrogen and oxygen atoms in total. The van der Waals surface area contributed by atoms with E-state index in [2.05, 4.69) is 126 Å². The number of rotatable bonds is 5. The Balaban J connectivity index is 1.15. The molecule has 0 aliphatic heterocycles. The Morgan fingerprint density at radius 2 is 0.882 bits per heavy atom. The van der Waals surface area contributed by atoms with E-state index in [9.17, 15) is 0 Å². The third-order valence-corrected chi connectivity index (χ3v) is 9.62. The van der Waals surface area contributed by atoms with Crippen molar-refractivity contribution in [2.75, 3.05) is 0 Å². The van der Waals surface area contributed by atoms with E-state index in [0.29, 0.717) is 17.5 Å². The lowest BCUT2D eigenvalue weighted by Gasteiger charge is -2.13. The van der Waals surface area contributed by atoms with Crippen LogP contribution in [0.2, 0.25) is 0 Å². The molecule has 238 valence electrons. The van der Waals surface area contributed by atoms with Crippen molar-refractivity contribution in [2.24, 2.45) is 0 Å². The summed E-state index contributed by atoms with van der Waals surface area (Å²) in [5, 5.41) is 6.56. The van der Waals surface area contributed by atoms with Gasteiger partial charge in [0, 0.05) is 39.2 Å². The van der Waals surface area contributed by atoms with E-state index in [0.717, 1.165) is 71.5 Å². The van der Waals surface area contributed by atoms with Crippen molar-refractivity contribution >= 4 is 43.5 Å². The minimum absolute atomic E-state index is 0.616. The van der Waals surface area contributed by atoms with Gasteiger partial charge in [-0.25, -0.2) is 15.0 Å². The van der Waals surface area contributed by atoms with Crippen molar-refractivity contribution < 1.29 is 4.42 Å². The third-order valence-electron chi connectivity index (χ3n) is 9.62. The van der Waals surface area contributed by atoms with Crippen molar-refractivity contribution in [1.29, 1.82) is 0 Å². The zero-order valence-electron chi connectivity index (χ0n) is 27.4. The molecule has 5 heteroatoms. The van der Waals surface area contributed by atoms with Crippen LogP contribution in [0.1, 0.15) is 0 Å². The summed E-state index contributed by atoms with van der Waals surface area (Å²) in [4.78, 5) is 19.8. The normalized spacial score (nSPS) is 11.5. The molecule has 0 radical (unpaired) electrons. The highest BCUT2D eigenvalue weighted by molar-refractivity contribution is 6.18. The highest BCUT2D eigenvalue weighted by atomic mass is 16.3. The van der Waals surface area contributed by atoms with E-state index in [4.69, 9.17) is 19.4 Å². The second-order valence-corrected chi connectivity index (χ2v) is 12.7. The number of hydrogen-bond donors (Lipinski definition) is 0. The Kier molecular flexibility index (Phi) is 6.74. The van der Waals surface area contributed by atoms with Crippen LogP contribution in [0.15, 0.2) is 175 Å².